The topological polar surface area (TPSA) is 29.3 Å². The first kappa shape index (κ1) is 14.9. The van der Waals surface area contributed by atoms with Gasteiger partial charge in [0.25, 0.3) is 0 Å². The molecule has 2 rings (SSSR count). The lowest BCUT2D eigenvalue weighted by Gasteiger charge is -2.22. The molecular formula is C17H21ClN2. The Kier molecular flexibility index (Phi) is 5.45. The number of hydrogen-bond acceptors (Lipinski definition) is 2. The molecular weight excluding hydrogens is 268 g/mol. The summed E-state index contributed by atoms with van der Waals surface area (Å²) in [5.74, 6) is 0. The van der Waals surface area contributed by atoms with E-state index < -0.39 is 0 Å². The van der Waals surface area contributed by atoms with Crippen molar-refractivity contribution in [2.24, 2.45) is 0 Å². The summed E-state index contributed by atoms with van der Waals surface area (Å²) in [5.41, 5.74) is 8.91. The molecule has 0 saturated carbocycles. The normalized spacial score (nSPS) is 10.9. The highest BCUT2D eigenvalue weighted by molar-refractivity contribution is 6.31. The molecule has 20 heavy (non-hydrogen) atoms. The third kappa shape index (κ3) is 4.26. The van der Waals surface area contributed by atoms with Gasteiger partial charge in [0.2, 0.25) is 0 Å². The first-order chi connectivity index (χ1) is 9.69. The van der Waals surface area contributed by atoms with Crippen molar-refractivity contribution in [3.05, 3.63) is 64.7 Å². The molecule has 0 spiro atoms. The number of benzene rings is 2. The number of rotatable bonds is 6. The molecule has 0 heterocycles. The Labute approximate surface area is 126 Å². The van der Waals surface area contributed by atoms with Gasteiger partial charge >= 0.3 is 0 Å². The van der Waals surface area contributed by atoms with Crippen LogP contribution in [0.4, 0.5) is 5.69 Å². The average Bonchev–Trinajstić information content (AvgIpc) is 2.43. The summed E-state index contributed by atoms with van der Waals surface area (Å²) in [6.45, 7) is 5.04. The molecule has 0 aliphatic heterocycles. The highest BCUT2D eigenvalue weighted by Gasteiger charge is 2.09. The van der Waals surface area contributed by atoms with Crippen molar-refractivity contribution >= 4 is 17.3 Å². The molecule has 0 aromatic heterocycles. The molecule has 0 bridgehead atoms. The summed E-state index contributed by atoms with van der Waals surface area (Å²) >= 11 is 6.27. The molecule has 2 aromatic carbocycles. The molecule has 0 aliphatic carbocycles. The van der Waals surface area contributed by atoms with Gasteiger partial charge in [0, 0.05) is 23.8 Å². The second kappa shape index (κ2) is 7.32. The zero-order valence-electron chi connectivity index (χ0n) is 11.8. The Bertz CT molecular complexity index is 540. The highest BCUT2D eigenvalue weighted by Crippen LogP contribution is 2.21. The van der Waals surface area contributed by atoms with E-state index >= 15 is 0 Å². The van der Waals surface area contributed by atoms with Gasteiger partial charge in [0.15, 0.2) is 0 Å². The molecule has 0 radical (unpaired) electrons. The van der Waals surface area contributed by atoms with Gasteiger partial charge in [-0.2, -0.15) is 0 Å². The van der Waals surface area contributed by atoms with Gasteiger partial charge in [-0.1, -0.05) is 54.9 Å². The zero-order chi connectivity index (χ0) is 14.4. The van der Waals surface area contributed by atoms with Crippen molar-refractivity contribution in [3.8, 4) is 0 Å². The molecule has 0 atom stereocenters. The molecule has 0 unspecified atom stereocenters. The van der Waals surface area contributed by atoms with Crippen molar-refractivity contribution < 1.29 is 0 Å². The van der Waals surface area contributed by atoms with Crippen LogP contribution in [0.1, 0.15) is 24.5 Å². The summed E-state index contributed by atoms with van der Waals surface area (Å²) in [6, 6.07) is 16.3. The van der Waals surface area contributed by atoms with Gasteiger partial charge in [0.1, 0.15) is 0 Å². The molecule has 0 amide bonds. The molecule has 0 fully saturated rings. The van der Waals surface area contributed by atoms with E-state index in [0.29, 0.717) is 5.69 Å². The number of nitrogens with two attached hydrogens (primary N) is 1. The predicted molar refractivity (Wildman–Crippen MR) is 86.7 cm³/mol. The standard InChI is InChI=1S/C17H21ClN2/c1-2-10-20(12-14-6-4-3-5-7-14)13-15-8-9-16(19)11-17(15)18/h3-9,11H,2,10,12-13,19H2,1H3. The molecule has 0 saturated heterocycles. The monoisotopic (exact) mass is 288 g/mol. The maximum Gasteiger partial charge on any atom is 0.0471 e. The third-order valence-electron chi connectivity index (χ3n) is 3.26. The van der Waals surface area contributed by atoms with Gasteiger partial charge in [0.05, 0.1) is 0 Å². The number of anilines is 1. The van der Waals surface area contributed by atoms with Crippen LogP contribution in [0.2, 0.25) is 5.02 Å². The van der Waals surface area contributed by atoms with Crippen molar-refractivity contribution in [3.63, 3.8) is 0 Å². The Morgan fingerprint density at radius 1 is 1.05 bits per heavy atom. The van der Waals surface area contributed by atoms with Crippen molar-refractivity contribution in [1.82, 2.24) is 4.90 Å². The molecule has 2 N–H and O–H groups in total. The van der Waals surface area contributed by atoms with Crippen molar-refractivity contribution in [2.45, 2.75) is 26.4 Å². The summed E-state index contributed by atoms with van der Waals surface area (Å²) in [7, 11) is 0. The van der Waals surface area contributed by atoms with E-state index in [1.165, 1.54) is 5.56 Å². The van der Waals surface area contributed by atoms with E-state index in [9.17, 15) is 0 Å². The quantitative estimate of drug-likeness (QED) is 0.802. The molecule has 2 aromatic rings. The maximum absolute atomic E-state index is 6.27. The highest BCUT2D eigenvalue weighted by atomic mass is 35.5. The smallest absolute Gasteiger partial charge is 0.0471 e. The largest absolute Gasteiger partial charge is 0.399 e. The number of hydrogen-bond donors (Lipinski definition) is 1. The van der Waals surface area contributed by atoms with E-state index in [-0.39, 0.29) is 0 Å². The number of nitrogens with zero attached hydrogens (tertiary/aromatic N) is 1. The van der Waals surface area contributed by atoms with Crippen LogP contribution in [0.25, 0.3) is 0 Å². The number of nitrogen functional groups attached to an aromatic ring is 1. The minimum atomic E-state index is 0.712. The minimum Gasteiger partial charge on any atom is -0.399 e. The fraction of sp³-hybridized carbons (Fsp3) is 0.294. The average molecular weight is 289 g/mol. The molecule has 106 valence electrons. The van der Waals surface area contributed by atoms with Gasteiger partial charge in [-0.25, -0.2) is 0 Å². The van der Waals surface area contributed by atoms with E-state index in [4.69, 9.17) is 17.3 Å². The summed E-state index contributed by atoms with van der Waals surface area (Å²) in [5, 5.41) is 0.749. The van der Waals surface area contributed by atoms with Gasteiger partial charge in [-0.15, -0.1) is 0 Å². The summed E-state index contributed by atoms with van der Waals surface area (Å²) in [4.78, 5) is 2.41. The van der Waals surface area contributed by atoms with Crippen LogP contribution >= 0.6 is 11.6 Å². The minimum absolute atomic E-state index is 0.712. The van der Waals surface area contributed by atoms with Crippen molar-refractivity contribution in [2.75, 3.05) is 12.3 Å². The van der Waals surface area contributed by atoms with Crippen molar-refractivity contribution in [1.29, 1.82) is 0 Å². The molecule has 2 nitrogen and oxygen atoms in total. The first-order valence-electron chi connectivity index (χ1n) is 6.99. The van der Waals surface area contributed by atoms with Gasteiger partial charge in [-0.05, 0) is 36.2 Å². The van der Waals surface area contributed by atoms with Crippen LogP contribution in [-0.2, 0) is 13.1 Å². The van der Waals surface area contributed by atoms with Crippen LogP contribution < -0.4 is 5.73 Å². The number of halogens is 1. The van der Waals surface area contributed by atoms with E-state index in [1.54, 1.807) is 0 Å². The summed E-state index contributed by atoms with van der Waals surface area (Å²) < 4.78 is 0. The summed E-state index contributed by atoms with van der Waals surface area (Å²) in [6.07, 6.45) is 1.12. The zero-order valence-corrected chi connectivity index (χ0v) is 12.6. The Morgan fingerprint density at radius 3 is 2.45 bits per heavy atom. The van der Waals surface area contributed by atoms with Gasteiger partial charge in [-0.3, -0.25) is 4.90 Å². The van der Waals surface area contributed by atoms with Gasteiger partial charge < -0.3 is 5.73 Å². The third-order valence-corrected chi connectivity index (χ3v) is 3.61. The van der Waals surface area contributed by atoms with E-state index in [0.717, 1.165) is 36.6 Å². The Hall–Kier alpha value is -1.51. The predicted octanol–water partition coefficient (Wildman–Crippen LogP) is 4.33. The Morgan fingerprint density at radius 2 is 1.80 bits per heavy atom. The van der Waals surface area contributed by atoms with E-state index in [1.807, 2.05) is 24.3 Å². The molecule has 0 aliphatic rings. The fourth-order valence-electron chi connectivity index (χ4n) is 2.30. The maximum atomic E-state index is 6.27. The van der Waals surface area contributed by atoms with E-state index in [2.05, 4.69) is 36.1 Å². The SMILES string of the molecule is CCCN(Cc1ccccc1)Cc1ccc(N)cc1Cl. The lowest BCUT2D eigenvalue weighted by Crippen LogP contribution is -2.23. The second-order valence-electron chi connectivity index (χ2n) is 5.05. The fourth-order valence-corrected chi connectivity index (χ4v) is 2.55. The lowest BCUT2D eigenvalue weighted by molar-refractivity contribution is 0.257. The Balaban J connectivity index is 2.09. The van der Waals surface area contributed by atoms with Crippen LogP contribution in [-0.4, -0.2) is 11.4 Å². The lowest BCUT2D eigenvalue weighted by atomic mass is 10.1. The van der Waals surface area contributed by atoms with Crippen LogP contribution in [0, 0.1) is 0 Å². The van der Waals surface area contributed by atoms with Crippen LogP contribution in [0.15, 0.2) is 48.5 Å². The first-order valence-corrected chi connectivity index (χ1v) is 7.37. The molecule has 3 heteroatoms. The van der Waals surface area contributed by atoms with Crippen LogP contribution in [0.3, 0.4) is 0 Å². The van der Waals surface area contributed by atoms with Crippen LogP contribution in [0.5, 0.6) is 0 Å². The second-order valence-corrected chi connectivity index (χ2v) is 5.45.